The number of fused-ring (bicyclic) bond motifs is 2. The van der Waals surface area contributed by atoms with Crippen LogP contribution in [0.3, 0.4) is 0 Å². The summed E-state index contributed by atoms with van der Waals surface area (Å²) >= 11 is 6.13. The van der Waals surface area contributed by atoms with Gasteiger partial charge in [-0.15, -0.1) is 0 Å². The van der Waals surface area contributed by atoms with Crippen molar-refractivity contribution in [2.24, 2.45) is 0 Å². The van der Waals surface area contributed by atoms with E-state index in [1.807, 2.05) is 60.0 Å². The number of amides is 1. The van der Waals surface area contributed by atoms with Crippen molar-refractivity contribution in [2.45, 2.75) is 13.5 Å². The van der Waals surface area contributed by atoms with Gasteiger partial charge in [-0.2, -0.15) is 5.10 Å². The second kappa shape index (κ2) is 7.98. The number of aromatic nitrogens is 3. The van der Waals surface area contributed by atoms with Crippen LogP contribution in [0.5, 0.6) is 0 Å². The standard InChI is InChI=1S/C25H19ClN4O2/c1-16-13-23(30(28-16)18-8-6-7-17(26)14-18)27-24(31)15-29-21-11-4-2-9-19(21)25(32)20-10-3-5-12-22(20)29/h2-14H,15H2,1H3,(H,27,31). The number of rotatable bonds is 4. The molecule has 0 bridgehead atoms. The van der Waals surface area contributed by atoms with Crippen LogP contribution in [0.2, 0.25) is 5.02 Å². The number of benzene rings is 3. The summed E-state index contributed by atoms with van der Waals surface area (Å²) in [6.45, 7) is 1.90. The minimum atomic E-state index is -0.230. The second-order valence-corrected chi connectivity index (χ2v) is 8.00. The molecule has 5 rings (SSSR count). The lowest BCUT2D eigenvalue weighted by molar-refractivity contribution is -0.116. The van der Waals surface area contributed by atoms with Crippen molar-refractivity contribution in [3.63, 3.8) is 0 Å². The van der Waals surface area contributed by atoms with Crippen molar-refractivity contribution in [2.75, 3.05) is 5.32 Å². The van der Waals surface area contributed by atoms with Gasteiger partial charge < -0.3 is 9.88 Å². The van der Waals surface area contributed by atoms with Gasteiger partial charge in [0.2, 0.25) is 5.91 Å². The molecule has 2 heterocycles. The number of halogens is 1. The number of para-hydroxylation sites is 2. The zero-order chi connectivity index (χ0) is 22.2. The SMILES string of the molecule is Cc1cc(NC(=O)Cn2c3ccccc3c(=O)c3ccccc32)n(-c2cccc(Cl)c2)n1. The van der Waals surface area contributed by atoms with Crippen molar-refractivity contribution in [1.82, 2.24) is 14.3 Å². The number of anilines is 1. The second-order valence-electron chi connectivity index (χ2n) is 7.56. The van der Waals surface area contributed by atoms with Crippen molar-refractivity contribution in [1.29, 1.82) is 0 Å². The molecule has 0 aliphatic carbocycles. The quantitative estimate of drug-likeness (QED) is 0.401. The summed E-state index contributed by atoms with van der Waals surface area (Å²) in [6.07, 6.45) is 0. The van der Waals surface area contributed by atoms with Gasteiger partial charge in [-0.3, -0.25) is 9.59 Å². The van der Waals surface area contributed by atoms with Crippen LogP contribution < -0.4 is 10.7 Å². The van der Waals surface area contributed by atoms with Gasteiger partial charge in [0, 0.05) is 21.9 Å². The van der Waals surface area contributed by atoms with Gasteiger partial charge in [-0.1, -0.05) is 41.9 Å². The summed E-state index contributed by atoms with van der Waals surface area (Å²) in [5, 5.41) is 9.20. The molecular formula is C25H19ClN4O2. The van der Waals surface area contributed by atoms with E-state index in [0.29, 0.717) is 32.6 Å². The fourth-order valence-corrected chi connectivity index (χ4v) is 4.15. The Morgan fingerprint density at radius 3 is 2.25 bits per heavy atom. The number of nitrogens with zero attached hydrogens (tertiary/aromatic N) is 3. The van der Waals surface area contributed by atoms with Gasteiger partial charge in [0.1, 0.15) is 12.4 Å². The highest BCUT2D eigenvalue weighted by molar-refractivity contribution is 6.30. The maximum absolute atomic E-state index is 13.1. The Balaban J connectivity index is 1.55. The molecule has 0 aliphatic heterocycles. The summed E-state index contributed by atoms with van der Waals surface area (Å²) in [5.74, 6) is 0.316. The van der Waals surface area contributed by atoms with Crippen LogP contribution in [0.4, 0.5) is 5.82 Å². The molecule has 0 fully saturated rings. The van der Waals surface area contributed by atoms with E-state index in [1.54, 1.807) is 35.0 Å². The third-order valence-electron chi connectivity index (χ3n) is 5.33. The van der Waals surface area contributed by atoms with Crippen LogP contribution in [0, 0.1) is 6.92 Å². The highest BCUT2D eigenvalue weighted by Crippen LogP contribution is 2.22. The third kappa shape index (κ3) is 3.55. The number of carbonyl (C=O) groups is 1. The summed E-state index contributed by atoms with van der Waals surface area (Å²) in [6, 6.07) is 23.8. The summed E-state index contributed by atoms with van der Waals surface area (Å²) in [5.41, 5.74) is 2.90. The van der Waals surface area contributed by atoms with Crippen LogP contribution in [0.15, 0.2) is 83.7 Å². The number of aryl methyl sites for hydroxylation is 1. The predicted octanol–water partition coefficient (Wildman–Crippen LogP) is 4.94. The van der Waals surface area contributed by atoms with Crippen molar-refractivity contribution < 1.29 is 4.79 Å². The molecule has 1 N–H and O–H groups in total. The van der Waals surface area contributed by atoms with Gasteiger partial charge in [-0.05, 0) is 49.4 Å². The summed E-state index contributed by atoms with van der Waals surface area (Å²) < 4.78 is 3.52. The first-order chi connectivity index (χ1) is 15.5. The Morgan fingerprint density at radius 2 is 1.59 bits per heavy atom. The minimum absolute atomic E-state index is 0.0393. The molecule has 6 nitrogen and oxygen atoms in total. The third-order valence-corrected chi connectivity index (χ3v) is 5.57. The molecule has 0 unspecified atom stereocenters. The van der Waals surface area contributed by atoms with E-state index in [-0.39, 0.29) is 17.9 Å². The van der Waals surface area contributed by atoms with Gasteiger partial charge >= 0.3 is 0 Å². The van der Waals surface area contributed by atoms with E-state index in [2.05, 4.69) is 10.4 Å². The van der Waals surface area contributed by atoms with E-state index < -0.39 is 0 Å². The summed E-state index contributed by atoms with van der Waals surface area (Å²) in [4.78, 5) is 26.0. The maximum Gasteiger partial charge on any atom is 0.245 e. The van der Waals surface area contributed by atoms with E-state index >= 15 is 0 Å². The van der Waals surface area contributed by atoms with Gasteiger partial charge in [0.05, 0.1) is 22.4 Å². The van der Waals surface area contributed by atoms with E-state index in [9.17, 15) is 9.59 Å². The Labute approximate surface area is 188 Å². The lowest BCUT2D eigenvalue weighted by atomic mass is 10.1. The number of hydrogen-bond acceptors (Lipinski definition) is 3. The maximum atomic E-state index is 13.1. The predicted molar refractivity (Wildman–Crippen MR) is 128 cm³/mol. The molecule has 0 atom stereocenters. The molecule has 0 saturated carbocycles. The normalized spacial score (nSPS) is 11.2. The van der Waals surface area contributed by atoms with Crippen LogP contribution in [-0.4, -0.2) is 20.3 Å². The largest absolute Gasteiger partial charge is 0.331 e. The van der Waals surface area contributed by atoms with Gasteiger partial charge in [0.15, 0.2) is 5.43 Å². The molecule has 7 heteroatoms. The monoisotopic (exact) mass is 442 g/mol. The molecule has 5 aromatic rings. The minimum Gasteiger partial charge on any atom is -0.331 e. The molecule has 2 aromatic heterocycles. The Bertz CT molecular complexity index is 1490. The molecule has 158 valence electrons. The topological polar surface area (TPSA) is 68.9 Å². The average molecular weight is 443 g/mol. The average Bonchev–Trinajstić information content (AvgIpc) is 3.16. The van der Waals surface area contributed by atoms with Crippen LogP contribution >= 0.6 is 11.6 Å². The van der Waals surface area contributed by atoms with E-state index in [0.717, 1.165) is 11.4 Å². The number of hydrogen-bond donors (Lipinski definition) is 1. The first-order valence-electron chi connectivity index (χ1n) is 10.1. The lowest BCUT2D eigenvalue weighted by Gasteiger charge is -2.15. The van der Waals surface area contributed by atoms with Gasteiger partial charge in [-0.25, -0.2) is 4.68 Å². The molecule has 32 heavy (non-hydrogen) atoms. The highest BCUT2D eigenvalue weighted by atomic mass is 35.5. The van der Waals surface area contributed by atoms with Crippen LogP contribution in [0.1, 0.15) is 5.69 Å². The fourth-order valence-electron chi connectivity index (χ4n) is 3.97. The number of pyridine rings is 1. The zero-order valence-corrected chi connectivity index (χ0v) is 18.0. The lowest BCUT2D eigenvalue weighted by Crippen LogP contribution is -2.22. The van der Waals surface area contributed by atoms with Gasteiger partial charge in [0.25, 0.3) is 0 Å². The first kappa shape index (κ1) is 20.0. The number of nitrogens with one attached hydrogen (secondary N) is 1. The molecular weight excluding hydrogens is 424 g/mol. The molecule has 0 aliphatic rings. The number of carbonyl (C=O) groups excluding carboxylic acids is 1. The Hall–Kier alpha value is -3.90. The molecule has 0 radical (unpaired) electrons. The molecule has 3 aromatic carbocycles. The Kier molecular flexibility index (Phi) is 4.99. The van der Waals surface area contributed by atoms with Crippen molar-refractivity contribution in [3.8, 4) is 5.69 Å². The van der Waals surface area contributed by atoms with Crippen molar-refractivity contribution in [3.05, 3.63) is 99.8 Å². The fraction of sp³-hybridized carbons (Fsp3) is 0.0800. The molecule has 0 saturated heterocycles. The summed E-state index contributed by atoms with van der Waals surface area (Å²) in [7, 11) is 0. The van der Waals surface area contributed by atoms with Crippen molar-refractivity contribution >= 4 is 45.1 Å². The first-order valence-corrected chi connectivity index (χ1v) is 10.5. The highest BCUT2D eigenvalue weighted by Gasteiger charge is 2.15. The zero-order valence-electron chi connectivity index (χ0n) is 17.2. The molecule has 0 spiro atoms. The smallest absolute Gasteiger partial charge is 0.245 e. The molecule has 1 amide bonds. The van der Waals surface area contributed by atoms with Crippen LogP contribution in [-0.2, 0) is 11.3 Å². The van der Waals surface area contributed by atoms with E-state index in [4.69, 9.17) is 11.6 Å². The van der Waals surface area contributed by atoms with E-state index in [1.165, 1.54) is 0 Å². The van der Waals surface area contributed by atoms with Crippen LogP contribution in [0.25, 0.3) is 27.5 Å². The Morgan fingerprint density at radius 1 is 0.938 bits per heavy atom.